The lowest BCUT2D eigenvalue weighted by Gasteiger charge is -2.15. The zero-order chi connectivity index (χ0) is 12.4. The minimum absolute atomic E-state index is 0.0913. The highest BCUT2D eigenvalue weighted by atomic mass is 16.3. The van der Waals surface area contributed by atoms with Crippen molar-refractivity contribution in [3.63, 3.8) is 0 Å². The molecular weight excluding hydrogens is 220 g/mol. The largest absolute Gasteiger partial charge is 0.396 e. The Morgan fingerprint density at radius 2 is 2.35 bits per heavy atom. The molecule has 2 rings (SSSR count). The Morgan fingerprint density at radius 1 is 1.59 bits per heavy atom. The van der Waals surface area contributed by atoms with Crippen LogP contribution in [0.15, 0.2) is 16.9 Å². The first kappa shape index (κ1) is 11.9. The zero-order valence-corrected chi connectivity index (χ0v) is 9.77. The minimum Gasteiger partial charge on any atom is -0.396 e. The highest BCUT2D eigenvalue weighted by Gasteiger charge is 2.27. The quantitative estimate of drug-likeness (QED) is 0.767. The summed E-state index contributed by atoms with van der Waals surface area (Å²) in [5, 5.41) is 9.02. The van der Waals surface area contributed by atoms with Gasteiger partial charge in [-0.1, -0.05) is 0 Å². The van der Waals surface area contributed by atoms with E-state index in [4.69, 9.17) is 5.11 Å². The molecule has 0 spiro atoms. The van der Waals surface area contributed by atoms with Crippen LogP contribution in [0.5, 0.6) is 0 Å². The maximum Gasteiger partial charge on any atom is 0.260 e. The highest BCUT2D eigenvalue weighted by molar-refractivity contribution is 5.94. The second-order valence-corrected chi connectivity index (χ2v) is 4.47. The fraction of sp³-hybridized carbons (Fsp3) is 0.500. The summed E-state index contributed by atoms with van der Waals surface area (Å²) in [7, 11) is 0. The van der Waals surface area contributed by atoms with Crippen molar-refractivity contribution >= 4 is 5.91 Å². The maximum atomic E-state index is 12.1. The Hall–Kier alpha value is -1.62. The van der Waals surface area contributed by atoms with Crippen molar-refractivity contribution in [2.24, 2.45) is 5.92 Å². The summed E-state index contributed by atoms with van der Waals surface area (Å²) in [6, 6.07) is 3.27. The molecule has 2 N–H and O–H groups in total. The van der Waals surface area contributed by atoms with Gasteiger partial charge in [0.05, 0.1) is 0 Å². The molecular formula is C12H16N2O3. The monoisotopic (exact) mass is 236 g/mol. The number of carbonyl (C=O) groups is 1. The fourth-order valence-electron chi connectivity index (χ4n) is 2.08. The summed E-state index contributed by atoms with van der Waals surface area (Å²) in [5.74, 6) is -0.106. The standard InChI is InChI=1S/C12H16N2O3/c1-8-2-3-10(11(16)13-8)12(17)14-5-4-9(6-14)7-15/h2-3,9,15H,4-7H2,1H3,(H,13,16). The van der Waals surface area contributed by atoms with Crippen LogP contribution in [-0.2, 0) is 0 Å². The Balaban J connectivity index is 2.18. The summed E-state index contributed by atoms with van der Waals surface area (Å²) in [5.41, 5.74) is 0.567. The molecule has 2 heterocycles. The van der Waals surface area contributed by atoms with E-state index < -0.39 is 0 Å². The van der Waals surface area contributed by atoms with Crippen LogP contribution in [0.2, 0.25) is 0 Å². The highest BCUT2D eigenvalue weighted by Crippen LogP contribution is 2.17. The number of rotatable bonds is 2. The first-order valence-electron chi connectivity index (χ1n) is 5.72. The molecule has 1 atom stereocenters. The van der Waals surface area contributed by atoms with Crippen LogP contribution in [0.4, 0.5) is 0 Å². The van der Waals surface area contributed by atoms with Gasteiger partial charge in [0.2, 0.25) is 0 Å². The Kier molecular flexibility index (Phi) is 3.28. The number of aromatic amines is 1. The SMILES string of the molecule is Cc1ccc(C(=O)N2CCC(CO)C2)c(=O)[nH]1. The van der Waals surface area contributed by atoms with Crippen LogP contribution in [-0.4, -0.2) is 40.6 Å². The molecule has 1 aromatic heterocycles. The summed E-state index contributed by atoms with van der Waals surface area (Å²) in [4.78, 5) is 27.9. The average molecular weight is 236 g/mol. The first-order valence-corrected chi connectivity index (χ1v) is 5.72. The second kappa shape index (κ2) is 4.71. The van der Waals surface area contributed by atoms with Gasteiger partial charge in [-0.2, -0.15) is 0 Å². The van der Waals surface area contributed by atoms with E-state index >= 15 is 0 Å². The molecule has 1 amide bonds. The van der Waals surface area contributed by atoms with Crippen LogP contribution in [0.25, 0.3) is 0 Å². The van der Waals surface area contributed by atoms with Crippen molar-refractivity contribution in [1.29, 1.82) is 0 Å². The van der Waals surface area contributed by atoms with Crippen LogP contribution >= 0.6 is 0 Å². The molecule has 1 aliphatic rings. The number of pyridine rings is 1. The van der Waals surface area contributed by atoms with Gasteiger partial charge in [0.15, 0.2) is 0 Å². The average Bonchev–Trinajstić information content (AvgIpc) is 2.76. The third-order valence-electron chi connectivity index (χ3n) is 3.12. The van der Waals surface area contributed by atoms with Crippen LogP contribution in [0.3, 0.4) is 0 Å². The van der Waals surface area contributed by atoms with Crippen molar-refractivity contribution in [2.75, 3.05) is 19.7 Å². The van der Waals surface area contributed by atoms with Gasteiger partial charge in [0.1, 0.15) is 5.56 Å². The van der Waals surface area contributed by atoms with Crippen LogP contribution in [0, 0.1) is 12.8 Å². The predicted molar refractivity (Wildman–Crippen MR) is 62.9 cm³/mol. The van der Waals surface area contributed by atoms with Crippen LogP contribution < -0.4 is 5.56 Å². The lowest BCUT2D eigenvalue weighted by Crippen LogP contribution is -2.33. The number of nitrogens with zero attached hydrogens (tertiary/aromatic N) is 1. The lowest BCUT2D eigenvalue weighted by molar-refractivity contribution is 0.0780. The molecule has 1 fully saturated rings. The normalized spacial score (nSPS) is 19.6. The van der Waals surface area contributed by atoms with Crippen molar-refractivity contribution < 1.29 is 9.90 Å². The Labute approximate surface area is 99.1 Å². The van der Waals surface area contributed by atoms with Gasteiger partial charge in [-0.15, -0.1) is 0 Å². The molecule has 0 aromatic carbocycles. The van der Waals surface area contributed by atoms with Gasteiger partial charge in [0.25, 0.3) is 11.5 Å². The molecule has 1 aliphatic heterocycles. The van der Waals surface area contributed by atoms with Gasteiger partial charge in [-0.25, -0.2) is 0 Å². The summed E-state index contributed by atoms with van der Waals surface area (Å²) in [6.07, 6.45) is 0.798. The van der Waals surface area contributed by atoms with Gasteiger partial charge < -0.3 is 15.0 Å². The third kappa shape index (κ3) is 2.39. The molecule has 0 bridgehead atoms. The van der Waals surface area contributed by atoms with Crippen LogP contribution in [0.1, 0.15) is 22.5 Å². The van der Waals surface area contributed by atoms with Gasteiger partial charge in [-0.05, 0) is 25.5 Å². The van der Waals surface area contributed by atoms with Crippen molar-refractivity contribution in [2.45, 2.75) is 13.3 Å². The van der Waals surface area contributed by atoms with E-state index in [-0.39, 0.29) is 29.6 Å². The van der Waals surface area contributed by atoms with E-state index in [0.717, 1.165) is 12.1 Å². The number of aromatic nitrogens is 1. The van der Waals surface area contributed by atoms with E-state index in [9.17, 15) is 9.59 Å². The topological polar surface area (TPSA) is 73.4 Å². The van der Waals surface area contributed by atoms with E-state index in [1.165, 1.54) is 0 Å². The van der Waals surface area contributed by atoms with E-state index in [1.807, 2.05) is 0 Å². The molecule has 0 radical (unpaired) electrons. The van der Waals surface area contributed by atoms with Gasteiger partial charge in [-0.3, -0.25) is 9.59 Å². The Morgan fingerprint density at radius 3 is 2.94 bits per heavy atom. The summed E-state index contributed by atoms with van der Waals surface area (Å²) in [6.45, 7) is 3.00. The van der Waals surface area contributed by atoms with E-state index in [2.05, 4.69) is 4.98 Å². The number of H-pyrrole nitrogens is 1. The first-order chi connectivity index (χ1) is 8.11. The van der Waals surface area contributed by atoms with E-state index in [1.54, 1.807) is 24.0 Å². The lowest BCUT2D eigenvalue weighted by atomic mass is 10.1. The molecule has 1 unspecified atom stereocenters. The number of hydrogen-bond acceptors (Lipinski definition) is 3. The Bertz CT molecular complexity index is 481. The second-order valence-electron chi connectivity index (χ2n) is 4.47. The van der Waals surface area contributed by atoms with E-state index in [0.29, 0.717) is 13.1 Å². The molecule has 17 heavy (non-hydrogen) atoms. The number of nitrogens with one attached hydrogen (secondary N) is 1. The molecule has 92 valence electrons. The molecule has 5 heteroatoms. The summed E-state index contributed by atoms with van der Waals surface area (Å²) < 4.78 is 0. The number of aliphatic hydroxyl groups is 1. The maximum absolute atomic E-state index is 12.1. The molecule has 1 aromatic rings. The summed E-state index contributed by atoms with van der Waals surface area (Å²) >= 11 is 0. The van der Waals surface area contributed by atoms with Gasteiger partial charge >= 0.3 is 0 Å². The number of amides is 1. The number of aryl methyl sites for hydroxylation is 1. The zero-order valence-electron chi connectivity index (χ0n) is 9.77. The van der Waals surface area contributed by atoms with Crippen molar-refractivity contribution in [3.8, 4) is 0 Å². The minimum atomic E-state index is -0.345. The fourth-order valence-corrected chi connectivity index (χ4v) is 2.08. The third-order valence-corrected chi connectivity index (χ3v) is 3.12. The molecule has 0 saturated carbocycles. The van der Waals surface area contributed by atoms with Gasteiger partial charge in [0, 0.05) is 31.3 Å². The molecule has 5 nitrogen and oxygen atoms in total. The van der Waals surface area contributed by atoms with Crippen molar-refractivity contribution in [3.05, 3.63) is 33.7 Å². The van der Waals surface area contributed by atoms with Crippen molar-refractivity contribution in [1.82, 2.24) is 9.88 Å². The number of carbonyl (C=O) groups excluding carboxylic acids is 1. The molecule has 0 aliphatic carbocycles. The molecule has 1 saturated heterocycles. The number of likely N-dealkylation sites (tertiary alicyclic amines) is 1. The smallest absolute Gasteiger partial charge is 0.260 e. The number of hydrogen-bond donors (Lipinski definition) is 2. The predicted octanol–water partition coefficient (Wildman–Crippen LogP) is 0.138. The number of aliphatic hydroxyl groups excluding tert-OH is 1.